The first-order valence-corrected chi connectivity index (χ1v) is 5.86. The van der Waals surface area contributed by atoms with Crippen molar-refractivity contribution in [1.82, 2.24) is 9.78 Å². The quantitative estimate of drug-likeness (QED) is 0.868. The van der Waals surface area contributed by atoms with E-state index in [0.29, 0.717) is 5.69 Å². The molecule has 0 fully saturated rings. The van der Waals surface area contributed by atoms with Crippen molar-refractivity contribution >= 4 is 0 Å². The lowest BCUT2D eigenvalue weighted by Crippen LogP contribution is -2.23. The van der Waals surface area contributed by atoms with Crippen molar-refractivity contribution < 1.29 is 0 Å². The van der Waals surface area contributed by atoms with E-state index >= 15 is 0 Å². The monoisotopic (exact) mass is 243 g/mol. The Morgan fingerprint density at radius 3 is 2.56 bits per heavy atom. The smallest absolute Gasteiger partial charge is 0.266 e. The number of nitrogens with two attached hydrogens (primary N) is 1. The number of hydrogen-bond acceptors (Lipinski definition) is 3. The van der Waals surface area contributed by atoms with Crippen LogP contribution in [0.4, 0.5) is 0 Å². The first-order chi connectivity index (χ1) is 8.49. The van der Waals surface area contributed by atoms with E-state index in [2.05, 4.69) is 11.2 Å². The highest BCUT2D eigenvalue weighted by molar-refractivity contribution is 5.36. The largest absolute Gasteiger partial charge is 0.319 e. The molecule has 18 heavy (non-hydrogen) atoms. The first-order valence-electron chi connectivity index (χ1n) is 5.86. The van der Waals surface area contributed by atoms with Crippen LogP contribution in [-0.4, -0.2) is 9.78 Å². The number of hydrogen-bond donors (Lipinski definition) is 1. The summed E-state index contributed by atoms with van der Waals surface area (Å²) in [6.07, 6.45) is 0. The van der Waals surface area contributed by atoms with Gasteiger partial charge < -0.3 is 5.73 Å². The van der Waals surface area contributed by atoms with Gasteiger partial charge in [0.1, 0.15) is 0 Å². The molecule has 1 heterocycles. The van der Waals surface area contributed by atoms with E-state index in [1.807, 2.05) is 26.0 Å². The normalized spacial score (nSPS) is 12.4. The molecule has 0 spiro atoms. The Labute approximate surface area is 106 Å². The van der Waals surface area contributed by atoms with Crippen molar-refractivity contribution in [3.8, 4) is 0 Å². The zero-order valence-corrected chi connectivity index (χ0v) is 10.8. The SMILES string of the molecule is Cc1ccc(C(N)c2ccc(=O)n(C)n2)c(C)c1. The zero-order valence-electron chi connectivity index (χ0n) is 10.8. The summed E-state index contributed by atoms with van der Waals surface area (Å²) in [7, 11) is 1.63. The molecule has 0 radical (unpaired) electrons. The van der Waals surface area contributed by atoms with Gasteiger partial charge in [-0.25, -0.2) is 4.68 Å². The van der Waals surface area contributed by atoms with Crippen molar-refractivity contribution in [2.45, 2.75) is 19.9 Å². The highest BCUT2D eigenvalue weighted by Gasteiger charge is 2.13. The predicted molar refractivity (Wildman–Crippen MR) is 71.4 cm³/mol. The summed E-state index contributed by atoms with van der Waals surface area (Å²) in [5.74, 6) is 0. The molecule has 1 unspecified atom stereocenters. The molecular formula is C14H17N3O. The van der Waals surface area contributed by atoms with Crippen molar-refractivity contribution in [2.75, 3.05) is 0 Å². The van der Waals surface area contributed by atoms with E-state index in [1.165, 1.54) is 16.3 Å². The third-order valence-corrected chi connectivity index (χ3v) is 3.06. The molecule has 1 atom stereocenters. The molecule has 4 nitrogen and oxygen atoms in total. The molecular weight excluding hydrogens is 226 g/mol. The van der Waals surface area contributed by atoms with Crippen LogP contribution in [0.25, 0.3) is 0 Å². The molecule has 2 N–H and O–H groups in total. The summed E-state index contributed by atoms with van der Waals surface area (Å²) in [5.41, 5.74) is 10.2. The topological polar surface area (TPSA) is 60.9 Å². The highest BCUT2D eigenvalue weighted by Crippen LogP contribution is 2.21. The van der Waals surface area contributed by atoms with E-state index in [1.54, 1.807) is 13.1 Å². The molecule has 0 amide bonds. The minimum Gasteiger partial charge on any atom is -0.319 e. The molecule has 0 aliphatic carbocycles. The second-order valence-corrected chi connectivity index (χ2v) is 4.56. The van der Waals surface area contributed by atoms with Gasteiger partial charge in [-0.15, -0.1) is 0 Å². The fraction of sp³-hybridized carbons (Fsp3) is 0.286. The van der Waals surface area contributed by atoms with Gasteiger partial charge in [0.2, 0.25) is 0 Å². The lowest BCUT2D eigenvalue weighted by atomic mass is 9.97. The lowest BCUT2D eigenvalue weighted by Gasteiger charge is -2.15. The van der Waals surface area contributed by atoms with Crippen molar-refractivity contribution in [3.05, 3.63) is 63.1 Å². The Kier molecular flexibility index (Phi) is 3.30. The average Bonchev–Trinajstić information content (AvgIpc) is 2.32. The first kappa shape index (κ1) is 12.5. The van der Waals surface area contributed by atoms with Crippen molar-refractivity contribution in [2.24, 2.45) is 12.8 Å². The Bertz CT molecular complexity index is 631. The van der Waals surface area contributed by atoms with Gasteiger partial charge >= 0.3 is 0 Å². The number of aryl methyl sites for hydroxylation is 3. The predicted octanol–water partition coefficient (Wildman–Crippen LogP) is 1.45. The zero-order chi connectivity index (χ0) is 13.3. The minimum absolute atomic E-state index is 0.133. The van der Waals surface area contributed by atoms with Crippen LogP contribution in [0.3, 0.4) is 0 Å². The number of benzene rings is 1. The second kappa shape index (κ2) is 4.74. The van der Waals surface area contributed by atoms with Gasteiger partial charge in [0.05, 0.1) is 11.7 Å². The van der Waals surface area contributed by atoms with E-state index in [0.717, 1.165) is 11.1 Å². The maximum Gasteiger partial charge on any atom is 0.266 e. The Hall–Kier alpha value is -1.94. The summed E-state index contributed by atoms with van der Waals surface area (Å²) in [6, 6.07) is 9.01. The molecule has 0 saturated heterocycles. The molecule has 2 rings (SSSR count). The standard InChI is InChI=1S/C14H17N3O/c1-9-4-5-11(10(2)8-9)14(15)12-6-7-13(18)17(3)16-12/h4-8,14H,15H2,1-3H3. The van der Waals surface area contributed by atoms with Crippen LogP contribution in [0, 0.1) is 13.8 Å². The Morgan fingerprint density at radius 2 is 1.94 bits per heavy atom. The molecule has 0 saturated carbocycles. The molecule has 0 aliphatic rings. The van der Waals surface area contributed by atoms with Gasteiger partial charge in [0.15, 0.2) is 0 Å². The van der Waals surface area contributed by atoms with Gasteiger partial charge in [0, 0.05) is 13.1 Å². The van der Waals surface area contributed by atoms with Gasteiger partial charge in [-0.2, -0.15) is 5.10 Å². The van der Waals surface area contributed by atoms with Crippen LogP contribution < -0.4 is 11.3 Å². The van der Waals surface area contributed by atoms with E-state index in [-0.39, 0.29) is 11.6 Å². The van der Waals surface area contributed by atoms with Crippen LogP contribution in [0.1, 0.15) is 28.4 Å². The molecule has 0 bridgehead atoms. The second-order valence-electron chi connectivity index (χ2n) is 4.56. The maximum absolute atomic E-state index is 11.3. The van der Waals surface area contributed by atoms with E-state index in [9.17, 15) is 4.79 Å². The average molecular weight is 243 g/mol. The van der Waals surface area contributed by atoms with Gasteiger partial charge in [0.25, 0.3) is 5.56 Å². The van der Waals surface area contributed by atoms with Gasteiger partial charge in [-0.05, 0) is 31.0 Å². The van der Waals surface area contributed by atoms with Crippen molar-refractivity contribution in [3.63, 3.8) is 0 Å². The summed E-state index contributed by atoms with van der Waals surface area (Å²) in [5, 5.41) is 4.19. The molecule has 0 aliphatic heterocycles. The minimum atomic E-state index is -0.308. The fourth-order valence-corrected chi connectivity index (χ4v) is 2.02. The maximum atomic E-state index is 11.3. The number of aromatic nitrogens is 2. The summed E-state index contributed by atoms with van der Waals surface area (Å²) in [6.45, 7) is 4.08. The summed E-state index contributed by atoms with van der Waals surface area (Å²) >= 11 is 0. The third-order valence-electron chi connectivity index (χ3n) is 3.06. The van der Waals surface area contributed by atoms with Crippen LogP contribution in [0.5, 0.6) is 0 Å². The van der Waals surface area contributed by atoms with Crippen molar-refractivity contribution in [1.29, 1.82) is 0 Å². The van der Waals surface area contributed by atoms with Crippen LogP contribution >= 0.6 is 0 Å². The van der Waals surface area contributed by atoms with Crippen LogP contribution in [0.15, 0.2) is 35.1 Å². The number of nitrogens with zero attached hydrogens (tertiary/aromatic N) is 2. The summed E-state index contributed by atoms with van der Waals surface area (Å²) in [4.78, 5) is 11.3. The molecule has 1 aromatic heterocycles. The van der Waals surface area contributed by atoms with Gasteiger partial charge in [-0.3, -0.25) is 4.79 Å². The van der Waals surface area contributed by atoms with Crippen LogP contribution in [-0.2, 0) is 7.05 Å². The summed E-state index contributed by atoms with van der Waals surface area (Å²) < 4.78 is 1.30. The Balaban J connectivity index is 2.44. The fourth-order valence-electron chi connectivity index (χ4n) is 2.02. The van der Waals surface area contributed by atoms with Crippen LogP contribution in [0.2, 0.25) is 0 Å². The third kappa shape index (κ3) is 2.33. The molecule has 94 valence electrons. The molecule has 4 heteroatoms. The Morgan fingerprint density at radius 1 is 1.22 bits per heavy atom. The highest BCUT2D eigenvalue weighted by atomic mass is 16.1. The van der Waals surface area contributed by atoms with E-state index in [4.69, 9.17) is 5.73 Å². The van der Waals surface area contributed by atoms with Gasteiger partial charge in [-0.1, -0.05) is 23.8 Å². The molecule has 2 aromatic rings. The lowest BCUT2D eigenvalue weighted by molar-refractivity contribution is 0.654. The number of rotatable bonds is 2. The molecule has 1 aromatic carbocycles. The van der Waals surface area contributed by atoms with E-state index < -0.39 is 0 Å².